The fourth-order valence-electron chi connectivity index (χ4n) is 2.40. The van der Waals surface area contributed by atoms with Crippen LogP contribution in [-0.4, -0.2) is 35.6 Å². The highest BCUT2D eigenvalue weighted by molar-refractivity contribution is 5.73. The molecule has 0 heterocycles. The number of carbonyl (C=O) groups is 1. The van der Waals surface area contributed by atoms with Crippen molar-refractivity contribution in [2.24, 2.45) is 5.92 Å². The number of nitrogens with zero attached hydrogens (tertiary/aromatic N) is 1. The van der Waals surface area contributed by atoms with Gasteiger partial charge < -0.3 is 5.11 Å². The molecule has 0 aromatic heterocycles. The number of carboxylic acid groups (broad SMARTS) is 1. The van der Waals surface area contributed by atoms with Crippen LogP contribution in [0, 0.1) is 5.92 Å². The van der Waals surface area contributed by atoms with Gasteiger partial charge in [0.2, 0.25) is 0 Å². The lowest BCUT2D eigenvalue weighted by Gasteiger charge is -2.26. The summed E-state index contributed by atoms with van der Waals surface area (Å²) in [6.45, 7) is 2.88. The van der Waals surface area contributed by atoms with E-state index < -0.39 is 5.97 Å². The first-order valence-electron chi connectivity index (χ1n) is 5.58. The first-order chi connectivity index (χ1) is 6.65. The first kappa shape index (κ1) is 11.5. The van der Waals surface area contributed by atoms with Crippen molar-refractivity contribution in [1.29, 1.82) is 0 Å². The van der Waals surface area contributed by atoms with Crippen molar-refractivity contribution in [3.8, 4) is 0 Å². The van der Waals surface area contributed by atoms with E-state index >= 15 is 0 Å². The zero-order chi connectivity index (χ0) is 10.6. The van der Waals surface area contributed by atoms with Crippen LogP contribution in [0.15, 0.2) is 0 Å². The maximum atomic E-state index is 10.9. The Hall–Kier alpha value is -0.570. The number of hydrogen-bond donors (Lipinski definition) is 1. The minimum atomic E-state index is -0.687. The van der Waals surface area contributed by atoms with Gasteiger partial charge in [0, 0.05) is 6.54 Å². The average molecular weight is 199 g/mol. The number of carboxylic acids is 1. The van der Waals surface area contributed by atoms with Gasteiger partial charge in [0.05, 0.1) is 0 Å². The molecule has 1 aliphatic rings. The fraction of sp³-hybridized carbons (Fsp3) is 0.909. The summed E-state index contributed by atoms with van der Waals surface area (Å²) in [6.07, 6.45) is 5.89. The molecule has 0 spiro atoms. The van der Waals surface area contributed by atoms with Gasteiger partial charge in [-0.3, -0.25) is 9.69 Å². The molecule has 1 N–H and O–H groups in total. The Morgan fingerprint density at radius 1 is 1.50 bits per heavy atom. The van der Waals surface area contributed by atoms with Crippen molar-refractivity contribution < 1.29 is 9.90 Å². The minimum absolute atomic E-state index is 0.296. The number of rotatable bonds is 5. The molecular weight excluding hydrogens is 178 g/mol. The number of aliphatic carboxylic acids is 1. The Kier molecular flexibility index (Phi) is 4.39. The third-order valence-corrected chi connectivity index (χ3v) is 3.22. The maximum Gasteiger partial charge on any atom is 0.320 e. The van der Waals surface area contributed by atoms with Crippen molar-refractivity contribution in [3.63, 3.8) is 0 Å². The molecule has 1 rings (SSSR count). The Morgan fingerprint density at radius 3 is 2.50 bits per heavy atom. The molecule has 0 aromatic carbocycles. The normalized spacial score (nSPS) is 20.2. The Morgan fingerprint density at radius 2 is 2.07 bits per heavy atom. The van der Waals surface area contributed by atoms with Gasteiger partial charge in [-0.1, -0.05) is 19.8 Å². The van der Waals surface area contributed by atoms with Crippen LogP contribution in [0.2, 0.25) is 0 Å². The van der Waals surface area contributed by atoms with Crippen molar-refractivity contribution >= 4 is 5.97 Å². The standard InChI is InChI=1S/C11H21NO2/c1-3-10(11(13)14)12(2)8-9-6-4-5-7-9/h9-10H,3-8H2,1-2H3,(H,13,14). The molecule has 82 valence electrons. The predicted molar refractivity (Wildman–Crippen MR) is 56.3 cm³/mol. The largest absolute Gasteiger partial charge is 0.480 e. The Balaban J connectivity index is 2.37. The molecule has 3 heteroatoms. The second-order valence-corrected chi connectivity index (χ2v) is 4.35. The van der Waals surface area contributed by atoms with Crippen LogP contribution in [0.5, 0.6) is 0 Å². The lowest BCUT2D eigenvalue weighted by molar-refractivity contribution is -0.143. The van der Waals surface area contributed by atoms with Crippen LogP contribution in [0.3, 0.4) is 0 Å². The van der Waals surface area contributed by atoms with Crippen LogP contribution < -0.4 is 0 Å². The SMILES string of the molecule is CCC(C(=O)O)N(C)CC1CCCC1. The summed E-state index contributed by atoms with van der Waals surface area (Å²) in [5, 5.41) is 8.98. The van der Waals surface area contributed by atoms with Crippen LogP contribution >= 0.6 is 0 Å². The van der Waals surface area contributed by atoms with E-state index in [1.165, 1.54) is 25.7 Å². The van der Waals surface area contributed by atoms with E-state index in [1.807, 2.05) is 18.9 Å². The molecule has 3 nitrogen and oxygen atoms in total. The fourth-order valence-corrected chi connectivity index (χ4v) is 2.40. The van der Waals surface area contributed by atoms with E-state index in [1.54, 1.807) is 0 Å². The van der Waals surface area contributed by atoms with Gasteiger partial charge in [0.1, 0.15) is 6.04 Å². The zero-order valence-corrected chi connectivity index (χ0v) is 9.20. The van der Waals surface area contributed by atoms with Crippen molar-refractivity contribution in [2.45, 2.75) is 45.1 Å². The Labute approximate surface area is 86.1 Å². The Bertz CT molecular complexity index is 188. The molecule has 0 bridgehead atoms. The lowest BCUT2D eigenvalue weighted by atomic mass is 10.1. The number of likely N-dealkylation sites (N-methyl/N-ethyl adjacent to an activating group) is 1. The van der Waals surface area contributed by atoms with Gasteiger partial charge in [-0.2, -0.15) is 0 Å². The number of hydrogen-bond acceptors (Lipinski definition) is 2. The summed E-state index contributed by atoms with van der Waals surface area (Å²) in [4.78, 5) is 12.9. The highest BCUT2D eigenvalue weighted by Crippen LogP contribution is 2.25. The van der Waals surface area contributed by atoms with E-state index in [0.29, 0.717) is 6.42 Å². The van der Waals surface area contributed by atoms with Gasteiger partial charge in [0.25, 0.3) is 0 Å². The van der Waals surface area contributed by atoms with Crippen LogP contribution in [0.1, 0.15) is 39.0 Å². The van der Waals surface area contributed by atoms with Crippen LogP contribution in [0.25, 0.3) is 0 Å². The highest BCUT2D eigenvalue weighted by Gasteiger charge is 2.24. The average Bonchev–Trinajstić information content (AvgIpc) is 2.57. The van der Waals surface area contributed by atoms with Gasteiger partial charge >= 0.3 is 5.97 Å². The molecule has 1 aliphatic carbocycles. The minimum Gasteiger partial charge on any atom is -0.480 e. The summed E-state index contributed by atoms with van der Waals surface area (Å²) < 4.78 is 0. The molecule has 0 aromatic rings. The van der Waals surface area contributed by atoms with Crippen molar-refractivity contribution in [2.75, 3.05) is 13.6 Å². The highest BCUT2D eigenvalue weighted by atomic mass is 16.4. The molecule has 0 amide bonds. The zero-order valence-electron chi connectivity index (χ0n) is 9.20. The third-order valence-electron chi connectivity index (χ3n) is 3.22. The van der Waals surface area contributed by atoms with Gasteiger partial charge in [-0.15, -0.1) is 0 Å². The summed E-state index contributed by atoms with van der Waals surface area (Å²) in [7, 11) is 1.93. The summed E-state index contributed by atoms with van der Waals surface area (Å²) in [5.74, 6) is 0.0430. The smallest absolute Gasteiger partial charge is 0.320 e. The topological polar surface area (TPSA) is 40.5 Å². The molecule has 1 atom stereocenters. The van der Waals surface area contributed by atoms with E-state index in [2.05, 4.69) is 0 Å². The molecule has 0 aliphatic heterocycles. The summed E-state index contributed by atoms with van der Waals surface area (Å²) in [6, 6.07) is -0.296. The molecule has 1 saturated carbocycles. The summed E-state index contributed by atoms with van der Waals surface area (Å²) in [5.41, 5.74) is 0. The van der Waals surface area contributed by atoms with Gasteiger partial charge in [0.15, 0.2) is 0 Å². The molecule has 14 heavy (non-hydrogen) atoms. The predicted octanol–water partition coefficient (Wildman–Crippen LogP) is 1.97. The molecule has 1 fully saturated rings. The first-order valence-corrected chi connectivity index (χ1v) is 5.58. The van der Waals surface area contributed by atoms with E-state index in [4.69, 9.17) is 5.11 Å². The van der Waals surface area contributed by atoms with E-state index in [0.717, 1.165) is 12.5 Å². The molecule has 0 radical (unpaired) electrons. The third kappa shape index (κ3) is 2.98. The van der Waals surface area contributed by atoms with E-state index in [-0.39, 0.29) is 6.04 Å². The van der Waals surface area contributed by atoms with Gasteiger partial charge in [-0.25, -0.2) is 0 Å². The quantitative estimate of drug-likeness (QED) is 0.736. The maximum absolute atomic E-state index is 10.9. The lowest BCUT2D eigenvalue weighted by Crippen LogP contribution is -2.40. The van der Waals surface area contributed by atoms with Gasteiger partial charge in [-0.05, 0) is 32.2 Å². The second kappa shape index (κ2) is 5.35. The van der Waals surface area contributed by atoms with Crippen LogP contribution in [-0.2, 0) is 4.79 Å². The van der Waals surface area contributed by atoms with Crippen molar-refractivity contribution in [3.05, 3.63) is 0 Å². The molecule has 0 saturated heterocycles. The van der Waals surface area contributed by atoms with E-state index in [9.17, 15) is 4.79 Å². The van der Waals surface area contributed by atoms with Crippen LogP contribution in [0.4, 0.5) is 0 Å². The second-order valence-electron chi connectivity index (χ2n) is 4.35. The monoisotopic (exact) mass is 199 g/mol. The molecule has 1 unspecified atom stereocenters. The van der Waals surface area contributed by atoms with Crippen molar-refractivity contribution in [1.82, 2.24) is 4.90 Å². The molecular formula is C11H21NO2. The summed E-state index contributed by atoms with van der Waals surface area (Å²) >= 11 is 0.